The average molecular weight is 239 g/mol. The number of carbonyl (C=O) groups excluding carboxylic acids is 1. The Morgan fingerprint density at radius 3 is 2.47 bits per heavy atom. The van der Waals surface area contributed by atoms with Crippen LogP contribution in [0.1, 0.15) is 33.5 Å². The molecule has 1 aromatic rings. The Balaban J connectivity index is 2.76. The van der Waals surface area contributed by atoms with Gasteiger partial charge in [-0.2, -0.15) is 5.10 Å². The third kappa shape index (κ3) is 2.82. The van der Waals surface area contributed by atoms with Gasteiger partial charge in [0.05, 0.1) is 12.0 Å². The number of H-pyrrole nitrogens is 1. The summed E-state index contributed by atoms with van der Waals surface area (Å²) in [5, 5.41) is 6.47. The Labute approximate surface area is 102 Å². The maximum absolute atomic E-state index is 12.3. The van der Waals surface area contributed by atoms with Crippen molar-refractivity contribution in [1.29, 1.82) is 0 Å². The predicted octanol–water partition coefficient (Wildman–Crippen LogP) is 0.527. The Hall–Kier alpha value is -1.43. The number of nitrogens with one attached hydrogen (secondary N) is 1. The minimum absolute atomic E-state index is 0.0126. The third-order valence-corrected chi connectivity index (χ3v) is 3.34. The van der Waals surface area contributed by atoms with E-state index in [1.807, 2.05) is 27.7 Å². The van der Waals surface area contributed by atoms with Crippen LogP contribution < -0.4 is 5.73 Å². The normalized spacial score (nSPS) is 12.6. The largest absolute Gasteiger partial charge is 0.338 e. The molecule has 0 aliphatic heterocycles. The lowest BCUT2D eigenvalue weighted by Crippen LogP contribution is -2.55. The number of hydrogen-bond acceptors (Lipinski definition) is 4. The van der Waals surface area contributed by atoms with Crippen molar-refractivity contribution >= 4 is 5.91 Å². The molecule has 0 saturated heterocycles. The van der Waals surface area contributed by atoms with Crippen LogP contribution in [0.15, 0.2) is 6.33 Å². The second-order valence-corrected chi connectivity index (χ2v) is 5.44. The molecule has 0 unspecified atom stereocenters. The summed E-state index contributed by atoms with van der Waals surface area (Å²) in [5.74, 6) is 0.646. The highest BCUT2D eigenvalue weighted by molar-refractivity contribution is 5.83. The molecule has 17 heavy (non-hydrogen) atoms. The first-order chi connectivity index (χ1) is 7.66. The number of nitrogens with zero attached hydrogens (tertiary/aromatic N) is 3. The van der Waals surface area contributed by atoms with E-state index in [9.17, 15) is 4.79 Å². The van der Waals surface area contributed by atoms with Crippen LogP contribution in [0.4, 0.5) is 0 Å². The molecular weight excluding hydrogens is 218 g/mol. The van der Waals surface area contributed by atoms with Gasteiger partial charge in [-0.3, -0.25) is 9.89 Å². The number of amides is 1. The number of nitrogens with two attached hydrogens (primary N) is 1. The van der Waals surface area contributed by atoms with Crippen molar-refractivity contribution < 1.29 is 4.79 Å². The lowest BCUT2D eigenvalue weighted by atomic mass is 9.74. The fourth-order valence-corrected chi connectivity index (χ4v) is 1.36. The zero-order valence-electron chi connectivity index (χ0n) is 11.1. The molecule has 0 atom stereocenters. The van der Waals surface area contributed by atoms with E-state index in [1.165, 1.54) is 6.33 Å². The molecule has 1 rings (SSSR count). The molecule has 0 spiro atoms. The molecule has 6 nitrogen and oxygen atoms in total. The van der Waals surface area contributed by atoms with Gasteiger partial charge in [-0.1, -0.05) is 0 Å². The van der Waals surface area contributed by atoms with Crippen LogP contribution >= 0.6 is 0 Å². The van der Waals surface area contributed by atoms with Gasteiger partial charge in [-0.25, -0.2) is 4.98 Å². The second-order valence-electron chi connectivity index (χ2n) is 5.44. The first-order valence-electron chi connectivity index (χ1n) is 5.55. The fourth-order valence-electron chi connectivity index (χ4n) is 1.36. The van der Waals surface area contributed by atoms with E-state index in [1.54, 1.807) is 11.9 Å². The zero-order valence-corrected chi connectivity index (χ0v) is 11.1. The standard InChI is InChI=1S/C11H21N5O/c1-10(2,11(3,4)12)9(17)16(5)6-8-13-7-14-15-8/h7H,6,12H2,1-5H3,(H,13,14,15). The SMILES string of the molecule is CN(Cc1ncn[nH]1)C(=O)C(C)(C)C(C)(C)N. The van der Waals surface area contributed by atoms with Crippen LogP contribution in [0.2, 0.25) is 0 Å². The van der Waals surface area contributed by atoms with Crippen LogP contribution in [-0.4, -0.2) is 38.6 Å². The molecule has 1 heterocycles. The topological polar surface area (TPSA) is 87.9 Å². The van der Waals surface area contributed by atoms with Gasteiger partial charge < -0.3 is 10.6 Å². The zero-order chi connectivity index (χ0) is 13.3. The Morgan fingerprint density at radius 1 is 1.47 bits per heavy atom. The first kappa shape index (κ1) is 13.6. The van der Waals surface area contributed by atoms with Gasteiger partial charge in [-0.15, -0.1) is 0 Å². The van der Waals surface area contributed by atoms with Gasteiger partial charge in [0.2, 0.25) is 5.91 Å². The molecular formula is C11H21N5O. The van der Waals surface area contributed by atoms with E-state index in [2.05, 4.69) is 15.2 Å². The van der Waals surface area contributed by atoms with Gasteiger partial charge in [0, 0.05) is 12.6 Å². The van der Waals surface area contributed by atoms with E-state index < -0.39 is 11.0 Å². The van der Waals surface area contributed by atoms with Gasteiger partial charge in [0.1, 0.15) is 12.2 Å². The van der Waals surface area contributed by atoms with Crippen molar-refractivity contribution in [2.24, 2.45) is 11.1 Å². The van der Waals surface area contributed by atoms with Gasteiger partial charge in [0.25, 0.3) is 0 Å². The van der Waals surface area contributed by atoms with Crippen LogP contribution in [0.5, 0.6) is 0 Å². The molecule has 96 valence electrons. The number of carbonyl (C=O) groups is 1. The molecule has 0 bridgehead atoms. The molecule has 1 amide bonds. The van der Waals surface area contributed by atoms with Crippen molar-refractivity contribution in [3.63, 3.8) is 0 Å². The van der Waals surface area contributed by atoms with Crippen LogP contribution in [0.3, 0.4) is 0 Å². The minimum atomic E-state index is -0.637. The molecule has 0 fully saturated rings. The van der Waals surface area contributed by atoms with Crippen LogP contribution in [0.25, 0.3) is 0 Å². The maximum Gasteiger partial charge on any atom is 0.230 e. The molecule has 0 saturated carbocycles. The second kappa shape index (κ2) is 4.44. The lowest BCUT2D eigenvalue weighted by Gasteiger charge is -2.39. The van der Waals surface area contributed by atoms with Crippen molar-refractivity contribution in [3.05, 3.63) is 12.2 Å². The lowest BCUT2D eigenvalue weighted by molar-refractivity contribution is -0.142. The van der Waals surface area contributed by atoms with Crippen molar-refractivity contribution in [2.75, 3.05) is 7.05 Å². The van der Waals surface area contributed by atoms with Crippen molar-refractivity contribution in [3.8, 4) is 0 Å². The third-order valence-electron chi connectivity index (χ3n) is 3.34. The summed E-state index contributed by atoms with van der Waals surface area (Å²) in [6.07, 6.45) is 1.42. The van der Waals surface area contributed by atoms with E-state index in [0.29, 0.717) is 12.4 Å². The van der Waals surface area contributed by atoms with Crippen molar-refractivity contribution in [1.82, 2.24) is 20.1 Å². The molecule has 1 aromatic heterocycles. The number of aromatic nitrogens is 3. The molecule has 0 aromatic carbocycles. The van der Waals surface area contributed by atoms with Crippen LogP contribution in [-0.2, 0) is 11.3 Å². The highest BCUT2D eigenvalue weighted by Crippen LogP contribution is 2.30. The summed E-state index contributed by atoms with van der Waals surface area (Å²) in [7, 11) is 1.73. The molecule has 0 aliphatic carbocycles. The minimum Gasteiger partial charge on any atom is -0.338 e. The molecule has 3 N–H and O–H groups in total. The fraction of sp³-hybridized carbons (Fsp3) is 0.727. The maximum atomic E-state index is 12.3. The van der Waals surface area contributed by atoms with E-state index in [-0.39, 0.29) is 5.91 Å². The summed E-state index contributed by atoms with van der Waals surface area (Å²) in [5.41, 5.74) is 4.82. The Morgan fingerprint density at radius 2 is 2.06 bits per heavy atom. The molecule has 0 radical (unpaired) electrons. The number of hydrogen-bond donors (Lipinski definition) is 2. The summed E-state index contributed by atoms with van der Waals surface area (Å²) in [4.78, 5) is 17.9. The summed E-state index contributed by atoms with van der Waals surface area (Å²) < 4.78 is 0. The quantitative estimate of drug-likeness (QED) is 0.802. The monoisotopic (exact) mass is 239 g/mol. The smallest absolute Gasteiger partial charge is 0.230 e. The molecule has 6 heteroatoms. The van der Waals surface area contributed by atoms with Crippen LogP contribution in [0, 0.1) is 5.41 Å². The first-order valence-corrected chi connectivity index (χ1v) is 5.55. The Kier molecular flexibility index (Phi) is 3.56. The number of rotatable bonds is 4. The van der Waals surface area contributed by atoms with Gasteiger partial charge in [-0.05, 0) is 27.7 Å². The number of aromatic amines is 1. The summed E-state index contributed by atoms with van der Waals surface area (Å²) in [6, 6.07) is 0. The van der Waals surface area contributed by atoms with E-state index in [4.69, 9.17) is 5.73 Å². The summed E-state index contributed by atoms with van der Waals surface area (Å²) >= 11 is 0. The van der Waals surface area contributed by atoms with E-state index in [0.717, 1.165) is 0 Å². The predicted molar refractivity (Wildman–Crippen MR) is 64.9 cm³/mol. The highest BCUT2D eigenvalue weighted by atomic mass is 16.2. The summed E-state index contributed by atoms with van der Waals surface area (Å²) in [6.45, 7) is 7.82. The highest BCUT2D eigenvalue weighted by Gasteiger charge is 2.42. The average Bonchev–Trinajstić information content (AvgIpc) is 2.67. The van der Waals surface area contributed by atoms with Gasteiger partial charge >= 0.3 is 0 Å². The van der Waals surface area contributed by atoms with Crippen molar-refractivity contribution in [2.45, 2.75) is 39.8 Å². The van der Waals surface area contributed by atoms with E-state index >= 15 is 0 Å². The Bertz CT molecular complexity index is 377. The molecule has 0 aliphatic rings. The van der Waals surface area contributed by atoms with Gasteiger partial charge in [0.15, 0.2) is 0 Å².